The van der Waals surface area contributed by atoms with Crippen LogP contribution >= 0.6 is 0 Å². The van der Waals surface area contributed by atoms with Crippen molar-refractivity contribution in [3.8, 4) is 0 Å². The van der Waals surface area contributed by atoms with Crippen molar-refractivity contribution in [2.45, 2.75) is 46.1 Å². The average Bonchev–Trinajstić information content (AvgIpc) is 2.14. The van der Waals surface area contributed by atoms with Crippen LogP contribution in [0.4, 0.5) is 0 Å². The van der Waals surface area contributed by atoms with E-state index >= 15 is 0 Å². The lowest BCUT2D eigenvalue weighted by Crippen LogP contribution is -2.30. The molecule has 1 amide bonds. The van der Waals surface area contributed by atoms with Gasteiger partial charge in [-0.25, -0.2) is 0 Å². The highest BCUT2D eigenvalue weighted by atomic mass is 16.6. The number of hydrogen-bond donors (Lipinski definition) is 1. The lowest BCUT2D eigenvalue weighted by molar-refractivity contribution is -0.154. The van der Waals surface area contributed by atoms with Crippen molar-refractivity contribution in [3.63, 3.8) is 0 Å². The molecule has 0 unspecified atom stereocenters. The third kappa shape index (κ3) is 9.62. The number of ether oxygens (including phenoxy) is 2. The van der Waals surface area contributed by atoms with Crippen LogP contribution in [-0.4, -0.2) is 36.6 Å². The summed E-state index contributed by atoms with van der Waals surface area (Å²) in [6.45, 7) is 7.36. The standard InChI is InChI=1S/C12H21NO5/c1-5-17-11(16)8-9(14)13-7-6-10(15)18-12(2,3)4/h5-8H2,1-4H3,(H,13,14). The smallest absolute Gasteiger partial charge is 0.315 e. The summed E-state index contributed by atoms with van der Waals surface area (Å²) in [5, 5.41) is 2.45. The van der Waals surface area contributed by atoms with Crippen LogP contribution in [0.3, 0.4) is 0 Å². The van der Waals surface area contributed by atoms with Gasteiger partial charge in [0.25, 0.3) is 0 Å². The second-order valence-corrected chi connectivity index (χ2v) is 4.67. The zero-order chi connectivity index (χ0) is 14.2. The molecule has 0 fully saturated rings. The molecule has 0 spiro atoms. The van der Waals surface area contributed by atoms with Gasteiger partial charge in [0.2, 0.25) is 5.91 Å². The summed E-state index contributed by atoms with van der Waals surface area (Å²) in [5.74, 6) is -1.43. The molecule has 0 radical (unpaired) electrons. The van der Waals surface area contributed by atoms with Crippen LogP contribution in [0.5, 0.6) is 0 Å². The van der Waals surface area contributed by atoms with E-state index in [1.165, 1.54) is 0 Å². The summed E-state index contributed by atoms with van der Waals surface area (Å²) in [4.78, 5) is 33.5. The van der Waals surface area contributed by atoms with Gasteiger partial charge in [-0.3, -0.25) is 14.4 Å². The second kappa shape index (κ2) is 7.68. The van der Waals surface area contributed by atoms with Crippen molar-refractivity contribution < 1.29 is 23.9 Å². The Hall–Kier alpha value is -1.59. The number of hydrogen-bond acceptors (Lipinski definition) is 5. The normalized spacial score (nSPS) is 10.7. The van der Waals surface area contributed by atoms with E-state index in [-0.39, 0.29) is 32.0 Å². The first-order valence-electron chi connectivity index (χ1n) is 5.88. The van der Waals surface area contributed by atoms with E-state index in [4.69, 9.17) is 4.74 Å². The van der Waals surface area contributed by atoms with Crippen molar-refractivity contribution in [2.24, 2.45) is 0 Å². The van der Waals surface area contributed by atoms with Crippen molar-refractivity contribution in [2.75, 3.05) is 13.2 Å². The molecule has 104 valence electrons. The molecule has 0 heterocycles. The van der Waals surface area contributed by atoms with E-state index in [1.807, 2.05) is 0 Å². The molecule has 0 saturated carbocycles. The highest BCUT2D eigenvalue weighted by Gasteiger charge is 2.16. The summed E-state index contributed by atoms with van der Waals surface area (Å²) in [6.07, 6.45) is -0.256. The monoisotopic (exact) mass is 259 g/mol. The fourth-order valence-corrected chi connectivity index (χ4v) is 1.10. The maximum Gasteiger partial charge on any atom is 0.315 e. The van der Waals surface area contributed by atoms with Gasteiger partial charge in [0.1, 0.15) is 12.0 Å². The Morgan fingerprint density at radius 2 is 1.72 bits per heavy atom. The fraction of sp³-hybridized carbons (Fsp3) is 0.750. The number of carbonyl (C=O) groups is 3. The summed E-state index contributed by atoms with van der Waals surface area (Å²) in [6, 6.07) is 0. The quantitative estimate of drug-likeness (QED) is 0.563. The van der Waals surface area contributed by atoms with Gasteiger partial charge in [-0.1, -0.05) is 0 Å². The number of carbonyl (C=O) groups excluding carboxylic acids is 3. The van der Waals surface area contributed by atoms with E-state index in [1.54, 1.807) is 27.7 Å². The summed E-state index contributed by atoms with van der Waals surface area (Å²) in [7, 11) is 0. The number of esters is 2. The molecule has 0 aromatic carbocycles. The van der Waals surface area contributed by atoms with Gasteiger partial charge >= 0.3 is 11.9 Å². The Morgan fingerprint density at radius 3 is 2.22 bits per heavy atom. The van der Waals surface area contributed by atoms with Gasteiger partial charge in [0.15, 0.2) is 0 Å². The van der Waals surface area contributed by atoms with Crippen LogP contribution in [0, 0.1) is 0 Å². The zero-order valence-corrected chi connectivity index (χ0v) is 11.4. The fourth-order valence-electron chi connectivity index (χ4n) is 1.10. The molecule has 18 heavy (non-hydrogen) atoms. The molecular formula is C12H21NO5. The Labute approximate surface area is 107 Å². The average molecular weight is 259 g/mol. The maximum atomic E-state index is 11.3. The number of rotatable bonds is 6. The van der Waals surface area contributed by atoms with Gasteiger partial charge in [-0.15, -0.1) is 0 Å². The van der Waals surface area contributed by atoms with Gasteiger partial charge < -0.3 is 14.8 Å². The van der Waals surface area contributed by atoms with Crippen LogP contribution in [0.1, 0.15) is 40.5 Å². The Balaban J connectivity index is 3.75. The molecule has 0 aromatic heterocycles. The number of nitrogens with one attached hydrogen (secondary N) is 1. The van der Waals surface area contributed by atoms with E-state index in [0.717, 1.165) is 0 Å². The highest BCUT2D eigenvalue weighted by Crippen LogP contribution is 2.07. The minimum atomic E-state index is -0.577. The molecule has 0 aliphatic carbocycles. The minimum Gasteiger partial charge on any atom is -0.466 e. The predicted octanol–water partition coefficient (Wildman–Crippen LogP) is 0.788. The SMILES string of the molecule is CCOC(=O)CC(=O)NCCC(=O)OC(C)(C)C. The molecule has 0 aliphatic rings. The van der Waals surface area contributed by atoms with Crippen LogP contribution in [0.15, 0.2) is 0 Å². The lowest BCUT2D eigenvalue weighted by atomic mass is 10.2. The Kier molecular flexibility index (Phi) is 7.00. The summed E-state index contributed by atoms with van der Waals surface area (Å²) >= 11 is 0. The van der Waals surface area contributed by atoms with E-state index < -0.39 is 17.5 Å². The molecule has 1 N–H and O–H groups in total. The molecule has 0 rings (SSSR count). The molecule has 0 atom stereocenters. The van der Waals surface area contributed by atoms with Gasteiger partial charge in [-0.2, -0.15) is 0 Å². The molecule has 0 aromatic rings. The Morgan fingerprint density at radius 1 is 1.11 bits per heavy atom. The zero-order valence-electron chi connectivity index (χ0n) is 11.4. The van der Waals surface area contributed by atoms with Crippen LogP contribution in [0.2, 0.25) is 0 Å². The first-order valence-corrected chi connectivity index (χ1v) is 5.88. The topological polar surface area (TPSA) is 81.7 Å². The summed E-state index contributed by atoms with van der Waals surface area (Å²) < 4.78 is 9.67. The van der Waals surface area contributed by atoms with Crippen LogP contribution in [-0.2, 0) is 23.9 Å². The van der Waals surface area contributed by atoms with E-state index in [0.29, 0.717) is 0 Å². The molecule has 0 saturated heterocycles. The van der Waals surface area contributed by atoms with E-state index in [9.17, 15) is 14.4 Å². The van der Waals surface area contributed by atoms with Crippen molar-refractivity contribution in [3.05, 3.63) is 0 Å². The first kappa shape index (κ1) is 16.4. The first-order chi connectivity index (χ1) is 8.24. The second-order valence-electron chi connectivity index (χ2n) is 4.67. The molecule has 0 aliphatic heterocycles. The lowest BCUT2D eigenvalue weighted by Gasteiger charge is -2.19. The third-order valence-electron chi connectivity index (χ3n) is 1.68. The van der Waals surface area contributed by atoms with Crippen LogP contribution in [0.25, 0.3) is 0 Å². The van der Waals surface area contributed by atoms with Crippen molar-refractivity contribution in [1.82, 2.24) is 5.32 Å². The van der Waals surface area contributed by atoms with Crippen molar-refractivity contribution in [1.29, 1.82) is 0 Å². The molecule has 6 nitrogen and oxygen atoms in total. The van der Waals surface area contributed by atoms with E-state index in [2.05, 4.69) is 10.1 Å². The van der Waals surface area contributed by atoms with Crippen LogP contribution < -0.4 is 5.32 Å². The summed E-state index contributed by atoms with van der Waals surface area (Å²) in [5.41, 5.74) is -0.536. The third-order valence-corrected chi connectivity index (χ3v) is 1.68. The molecular weight excluding hydrogens is 238 g/mol. The molecule has 0 bridgehead atoms. The van der Waals surface area contributed by atoms with Gasteiger partial charge in [0.05, 0.1) is 13.0 Å². The van der Waals surface area contributed by atoms with Gasteiger partial charge in [0, 0.05) is 6.54 Å². The van der Waals surface area contributed by atoms with Gasteiger partial charge in [-0.05, 0) is 27.7 Å². The Bertz CT molecular complexity index is 306. The predicted molar refractivity (Wildman–Crippen MR) is 64.7 cm³/mol. The largest absolute Gasteiger partial charge is 0.466 e. The highest BCUT2D eigenvalue weighted by molar-refractivity contribution is 5.94. The molecule has 6 heteroatoms. The maximum absolute atomic E-state index is 11.3. The van der Waals surface area contributed by atoms with Crippen molar-refractivity contribution >= 4 is 17.8 Å². The minimum absolute atomic E-state index is 0.0752. The number of amides is 1.